The normalized spacial score (nSPS) is 10.2. The van der Waals surface area contributed by atoms with Crippen LogP contribution in [0.15, 0.2) is 60.1 Å². The Bertz CT molecular complexity index is 875. The molecular formula is C18H15N3O2S. The van der Waals surface area contributed by atoms with Crippen LogP contribution < -0.4 is 10.6 Å². The molecule has 0 atom stereocenters. The van der Waals surface area contributed by atoms with Crippen LogP contribution in [0.2, 0.25) is 0 Å². The number of anilines is 2. The highest BCUT2D eigenvalue weighted by Crippen LogP contribution is 2.28. The van der Waals surface area contributed by atoms with Gasteiger partial charge in [0.05, 0.1) is 10.4 Å². The minimum Gasteiger partial charge on any atom is -0.326 e. The fourth-order valence-electron chi connectivity index (χ4n) is 2.27. The number of carbonyl (C=O) groups excluding carboxylic acids is 2. The first-order valence-corrected chi connectivity index (χ1v) is 8.19. The number of aromatic nitrogens is 1. The predicted octanol–water partition coefficient (Wildman–Crippen LogP) is 4.02. The summed E-state index contributed by atoms with van der Waals surface area (Å²) in [5, 5.41) is 5.51. The van der Waals surface area contributed by atoms with E-state index < -0.39 is 0 Å². The lowest BCUT2D eigenvalue weighted by atomic mass is 10.1. The zero-order chi connectivity index (χ0) is 16.9. The van der Waals surface area contributed by atoms with Gasteiger partial charge in [0.1, 0.15) is 5.69 Å². The molecule has 2 amide bonds. The number of hydrogen-bond acceptors (Lipinski definition) is 4. The molecule has 6 heteroatoms. The minimum absolute atomic E-state index is 0.163. The van der Waals surface area contributed by atoms with E-state index in [4.69, 9.17) is 0 Å². The second-order valence-electron chi connectivity index (χ2n) is 5.11. The van der Waals surface area contributed by atoms with Crippen molar-refractivity contribution < 1.29 is 9.59 Å². The highest BCUT2D eigenvalue weighted by molar-refractivity contribution is 7.13. The van der Waals surface area contributed by atoms with Gasteiger partial charge in [-0.05, 0) is 23.8 Å². The lowest BCUT2D eigenvalue weighted by Gasteiger charge is -2.08. The van der Waals surface area contributed by atoms with Gasteiger partial charge in [0.15, 0.2) is 0 Å². The van der Waals surface area contributed by atoms with E-state index in [9.17, 15) is 9.59 Å². The zero-order valence-corrected chi connectivity index (χ0v) is 13.8. The summed E-state index contributed by atoms with van der Waals surface area (Å²) < 4.78 is 0. The lowest BCUT2D eigenvalue weighted by Crippen LogP contribution is -2.13. The third-order valence-electron chi connectivity index (χ3n) is 3.26. The molecule has 0 saturated carbocycles. The molecule has 0 bridgehead atoms. The summed E-state index contributed by atoms with van der Waals surface area (Å²) in [6.07, 6.45) is 0. The number of nitrogens with one attached hydrogen (secondary N) is 2. The fraction of sp³-hybridized carbons (Fsp3) is 0.0556. The van der Waals surface area contributed by atoms with Crippen LogP contribution in [0.5, 0.6) is 0 Å². The van der Waals surface area contributed by atoms with E-state index in [2.05, 4.69) is 15.6 Å². The van der Waals surface area contributed by atoms with Crippen molar-refractivity contribution in [3.63, 3.8) is 0 Å². The smallest absolute Gasteiger partial charge is 0.275 e. The number of amides is 2. The third kappa shape index (κ3) is 3.67. The van der Waals surface area contributed by atoms with Gasteiger partial charge in [0, 0.05) is 18.3 Å². The number of rotatable bonds is 4. The second-order valence-corrected chi connectivity index (χ2v) is 5.97. The summed E-state index contributed by atoms with van der Waals surface area (Å²) in [5.74, 6) is -0.445. The Kier molecular flexibility index (Phi) is 4.67. The van der Waals surface area contributed by atoms with Crippen LogP contribution in [0.3, 0.4) is 0 Å². The van der Waals surface area contributed by atoms with Crippen molar-refractivity contribution in [1.82, 2.24) is 4.98 Å². The molecule has 0 fully saturated rings. The first kappa shape index (κ1) is 15.9. The molecule has 24 heavy (non-hydrogen) atoms. The van der Waals surface area contributed by atoms with E-state index in [-0.39, 0.29) is 11.8 Å². The molecule has 120 valence electrons. The Morgan fingerprint density at radius 2 is 1.67 bits per heavy atom. The van der Waals surface area contributed by atoms with Gasteiger partial charge in [0.2, 0.25) is 5.91 Å². The van der Waals surface area contributed by atoms with Crippen LogP contribution in [0.1, 0.15) is 17.4 Å². The summed E-state index contributed by atoms with van der Waals surface area (Å²) in [7, 11) is 0. The van der Waals surface area contributed by atoms with Crippen LogP contribution in [-0.2, 0) is 4.79 Å². The quantitative estimate of drug-likeness (QED) is 0.755. The van der Waals surface area contributed by atoms with Crippen LogP contribution >= 0.6 is 11.3 Å². The highest BCUT2D eigenvalue weighted by Gasteiger charge is 2.16. The Morgan fingerprint density at radius 3 is 2.38 bits per heavy atom. The summed E-state index contributed by atoms with van der Waals surface area (Å²) in [4.78, 5) is 28.7. The number of thiazole rings is 1. The molecule has 1 heterocycles. The van der Waals surface area contributed by atoms with E-state index in [1.54, 1.807) is 29.8 Å². The van der Waals surface area contributed by atoms with Crippen molar-refractivity contribution in [3.8, 4) is 10.4 Å². The van der Waals surface area contributed by atoms with Crippen LogP contribution in [-0.4, -0.2) is 16.8 Å². The number of benzene rings is 2. The second kappa shape index (κ2) is 7.06. The fourth-order valence-corrected chi connectivity index (χ4v) is 3.06. The van der Waals surface area contributed by atoms with Gasteiger partial charge in [0.25, 0.3) is 5.91 Å². The van der Waals surface area contributed by atoms with Crippen molar-refractivity contribution in [1.29, 1.82) is 0 Å². The Balaban J connectivity index is 1.82. The maximum Gasteiger partial charge on any atom is 0.275 e. The molecule has 3 aromatic rings. The van der Waals surface area contributed by atoms with Crippen LogP contribution in [0.4, 0.5) is 11.4 Å². The monoisotopic (exact) mass is 337 g/mol. The molecule has 2 aromatic carbocycles. The average molecular weight is 337 g/mol. The van der Waals surface area contributed by atoms with Gasteiger partial charge in [-0.3, -0.25) is 9.59 Å². The molecule has 1 aromatic heterocycles. The minimum atomic E-state index is -0.282. The summed E-state index contributed by atoms with van der Waals surface area (Å²) in [6, 6.07) is 16.7. The van der Waals surface area contributed by atoms with Gasteiger partial charge in [-0.1, -0.05) is 36.4 Å². The number of carbonyl (C=O) groups is 2. The van der Waals surface area contributed by atoms with Crippen molar-refractivity contribution in [2.75, 3.05) is 10.6 Å². The van der Waals surface area contributed by atoms with Gasteiger partial charge in [-0.2, -0.15) is 0 Å². The third-order valence-corrected chi connectivity index (χ3v) is 4.13. The Hall–Kier alpha value is -2.99. The highest BCUT2D eigenvalue weighted by atomic mass is 32.1. The van der Waals surface area contributed by atoms with Gasteiger partial charge in [-0.25, -0.2) is 4.98 Å². The van der Waals surface area contributed by atoms with Crippen molar-refractivity contribution in [2.24, 2.45) is 0 Å². The number of hydrogen-bond donors (Lipinski definition) is 2. The first-order chi connectivity index (χ1) is 11.6. The van der Waals surface area contributed by atoms with E-state index >= 15 is 0 Å². The number of nitrogens with zero attached hydrogens (tertiary/aromatic N) is 1. The van der Waals surface area contributed by atoms with Gasteiger partial charge >= 0.3 is 0 Å². The van der Waals surface area contributed by atoms with Crippen molar-refractivity contribution in [2.45, 2.75) is 6.92 Å². The molecule has 0 aliphatic heterocycles. The molecule has 2 N–H and O–H groups in total. The molecule has 0 radical (unpaired) electrons. The Labute approximate surface area is 143 Å². The van der Waals surface area contributed by atoms with E-state index in [0.29, 0.717) is 17.1 Å². The predicted molar refractivity (Wildman–Crippen MR) is 96.2 cm³/mol. The summed E-state index contributed by atoms with van der Waals surface area (Å²) in [5.41, 5.74) is 4.22. The van der Waals surface area contributed by atoms with E-state index in [1.165, 1.54) is 18.3 Å². The van der Waals surface area contributed by atoms with E-state index in [1.807, 2.05) is 30.3 Å². The molecule has 0 aliphatic carbocycles. The maximum atomic E-state index is 12.5. The van der Waals surface area contributed by atoms with Crippen LogP contribution in [0.25, 0.3) is 10.4 Å². The molecular weight excluding hydrogens is 322 g/mol. The first-order valence-electron chi connectivity index (χ1n) is 7.31. The molecule has 0 unspecified atom stereocenters. The zero-order valence-electron chi connectivity index (χ0n) is 12.9. The molecule has 0 aliphatic rings. The maximum absolute atomic E-state index is 12.5. The SMILES string of the molecule is CC(=O)Nc1cccc(NC(=O)c2ncsc2-c2ccccc2)c1. The van der Waals surface area contributed by atoms with Crippen LogP contribution in [0, 0.1) is 0 Å². The van der Waals surface area contributed by atoms with Crippen molar-refractivity contribution in [3.05, 3.63) is 65.8 Å². The topological polar surface area (TPSA) is 71.1 Å². The molecule has 0 spiro atoms. The largest absolute Gasteiger partial charge is 0.326 e. The van der Waals surface area contributed by atoms with E-state index in [0.717, 1.165) is 10.4 Å². The van der Waals surface area contributed by atoms with Gasteiger partial charge < -0.3 is 10.6 Å². The molecule has 0 saturated heterocycles. The Morgan fingerprint density at radius 1 is 0.958 bits per heavy atom. The standard InChI is InChI=1S/C18H15N3O2S/c1-12(22)20-14-8-5-9-15(10-14)21-18(23)16-17(24-11-19-16)13-6-3-2-4-7-13/h2-11H,1H3,(H,20,22)(H,21,23). The van der Waals surface area contributed by atoms with Crippen molar-refractivity contribution >= 4 is 34.5 Å². The lowest BCUT2D eigenvalue weighted by molar-refractivity contribution is -0.114. The summed E-state index contributed by atoms with van der Waals surface area (Å²) in [6.45, 7) is 1.44. The van der Waals surface area contributed by atoms with Gasteiger partial charge in [-0.15, -0.1) is 11.3 Å². The molecule has 5 nitrogen and oxygen atoms in total. The summed E-state index contributed by atoms with van der Waals surface area (Å²) >= 11 is 1.42. The molecule has 3 rings (SSSR count). The average Bonchev–Trinajstić information content (AvgIpc) is 3.05.